The van der Waals surface area contributed by atoms with Crippen LogP contribution >= 0.6 is 0 Å². The molecule has 0 aromatic carbocycles. The van der Waals surface area contributed by atoms with Gasteiger partial charge in [-0.15, -0.1) is 0 Å². The largest absolute Gasteiger partial charge is 0.356 e. The highest BCUT2D eigenvalue weighted by Crippen LogP contribution is 2.44. The quantitative estimate of drug-likeness (QED) is 0.868. The third-order valence-electron chi connectivity index (χ3n) is 7.30. The van der Waals surface area contributed by atoms with Crippen LogP contribution in [-0.2, 0) is 17.8 Å². The average Bonchev–Trinajstić information content (AvgIpc) is 3.02. The molecule has 6 heteroatoms. The Morgan fingerprint density at radius 3 is 2.68 bits per heavy atom. The van der Waals surface area contributed by atoms with E-state index < -0.39 is 0 Å². The molecule has 154 valence electrons. The Balaban J connectivity index is 1.43. The Morgan fingerprint density at radius 2 is 1.89 bits per heavy atom. The van der Waals surface area contributed by atoms with Crippen molar-refractivity contribution in [3.8, 4) is 0 Å². The molecule has 1 aromatic rings. The van der Waals surface area contributed by atoms with E-state index >= 15 is 0 Å². The summed E-state index contributed by atoms with van der Waals surface area (Å²) >= 11 is 0. The van der Waals surface area contributed by atoms with Gasteiger partial charge in [-0.1, -0.05) is 19.3 Å². The Hall–Kier alpha value is -1.85. The number of likely N-dealkylation sites (tertiary alicyclic amines) is 1. The van der Waals surface area contributed by atoms with Crippen LogP contribution in [0.4, 0.5) is 0 Å². The second kappa shape index (κ2) is 8.26. The molecule has 6 nitrogen and oxygen atoms in total. The first-order chi connectivity index (χ1) is 13.6. The number of amides is 2. The van der Waals surface area contributed by atoms with E-state index in [4.69, 9.17) is 0 Å². The van der Waals surface area contributed by atoms with E-state index in [0.29, 0.717) is 17.9 Å². The van der Waals surface area contributed by atoms with Gasteiger partial charge in [-0.2, -0.15) is 5.10 Å². The van der Waals surface area contributed by atoms with E-state index in [9.17, 15) is 9.59 Å². The molecule has 2 aliphatic heterocycles. The standard InChI is InChI=1S/C22H34N4O2/c1-17(27)23-15-18-6-12-26-20(14-18)19(16-24-26)21(28)25-11-5-9-22(10-13-25)7-3-2-4-8-22/h16,18H,2-15H2,1H3,(H,23,27). The van der Waals surface area contributed by atoms with Gasteiger partial charge in [0, 0.05) is 33.1 Å². The number of carbonyl (C=O) groups is 2. The molecule has 1 saturated carbocycles. The average molecular weight is 387 g/mol. The van der Waals surface area contributed by atoms with Crippen molar-refractivity contribution in [3.05, 3.63) is 17.5 Å². The number of aryl methyl sites for hydroxylation is 1. The van der Waals surface area contributed by atoms with Crippen LogP contribution in [0.3, 0.4) is 0 Å². The van der Waals surface area contributed by atoms with Crippen LogP contribution in [0.2, 0.25) is 0 Å². The summed E-state index contributed by atoms with van der Waals surface area (Å²) in [5.41, 5.74) is 2.34. The minimum Gasteiger partial charge on any atom is -0.356 e. The number of hydrogen-bond donors (Lipinski definition) is 1. The summed E-state index contributed by atoms with van der Waals surface area (Å²) in [6.45, 7) is 4.83. The Morgan fingerprint density at radius 1 is 1.11 bits per heavy atom. The molecule has 2 fully saturated rings. The molecule has 3 aliphatic rings. The molecule has 1 aliphatic carbocycles. The molecule has 1 N–H and O–H groups in total. The van der Waals surface area contributed by atoms with E-state index in [1.807, 2.05) is 4.68 Å². The van der Waals surface area contributed by atoms with Crippen LogP contribution in [0.25, 0.3) is 0 Å². The van der Waals surface area contributed by atoms with Crippen molar-refractivity contribution in [3.63, 3.8) is 0 Å². The number of rotatable bonds is 3. The topological polar surface area (TPSA) is 67.2 Å². The number of nitrogens with one attached hydrogen (secondary N) is 1. The van der Waals surface area contributed by atoms with E-state index in [2.05, 4.69) is 15.3 Å². The summed E-state index contributed by atoms with van der Waals surface area (Å²) in [6, 6.07) is 0. The predicted molar refractivity (Wildman–Crippen MR) is 108 cm³/mol. The summed E-state index contributed by atoms with van der Waals surface area (Å²) < 4.78 is 2.00. The molecule has 0 bridgehead atoms. The summed E-state index contributed by atoms with van der Waals surface area (Å²) in [5, 5.41) is 7.42. The maximum absolute atomic E-state index is 13.3. The minimum atomic E-state index is 0.0107. The molecular weight excluding hydrogens is 352 g/mol. The lowest BCUT2D eigenvalue weighted by molar-refractivity contribution is -0.119. The van der Waals surface area contributed by atoms with Gasteiger partial charge in [0.2, 0.25) is 5.91 Å². The number of nitrogens with zero attached hydrogens (tertiary/aromatic N) is 3. The van der Waals surface area contributed by atoms with Gasteiger partial charge in [0.1, 0.15) is 0 Å². The fourth-order valence-electron chi connectivity index (χ4n) is 5.57. The monoisotopic (exact) mass is 386 g/mol. The van der Waals surface area contributed by atoms with E-state index in [0.717, 1.165) is 56.6 Å². The van der Waals surface area contributed by atoms with Crippen LogP contribution < -0.4 is 5.32 Å². The highest BCUT2D eigenvalue weighted by molar-refractivity contribution is 5.95. The summed E-state index contributed by atoms with van der Waals surface area (Å²) in [5.74, 6) is 0.556. The van der Waals surface area contributed by atoms with Gasteiger partial charge < -0.3 is 10.2 Å². The Kier molecular flexibility index (Phi) is 5.74. The van der Waals surface area contributed by atoms with Crippen molar-refractivity contribution in [2.45, 2.75) is 77.7 Å². The molecule has 1 spiro atoms. The molecule has 1 aromatic heterocycles. The molecular formula is C22H34N4O2. The lowest BCUT2D eigenvalue weighted by atomic mass is 9.69. The summed E-state index contributed by atoms with van der Waals surface area (Å²) in [4.78, 5) is 26.6. The van der Waals surface area contributed by atoms with Gasteiger partial charge in [0.25, 0.3) is 5.91 Å². The number of carbonyl (C=O) groups excluding carboxylic acids is 2. The van der Waals surface area contributed by atoms with Gasteiger partial charge in [0.15, 0.2) is 0 Å². The first-order valence-corrected chi connectivity index (χ1v) is 11.1. The maximum atomic E-state index is 13.3. The maximum Gasteiger partial charge on any atom is 0.257 e. The smallest absolute Gasteiger partial charge is 0.257 e. The fourth-order valence-corrected chi connectivity index (χ4v) is 5.57. The van der Waals surface area contributed by atoms with Crippen molar-refractivity contribution in [2.75, 3.05) is 19.6 Å². The van der Waals surface area contributed by atoms with E-state index in [1.165, 1.54) is 38.5 Å². The SMILES string of the molecule is CC(=O)NCC1CCn2ncc(C(=O)N3CCCC4(CCCCC4)CC3)c2C1. The van der Waals surface area contributed by atoms with Crippen LogP contribution in [0.1, 0.15) is 80.8 Å². The normalized spacial score (nSPS) is 24.5. The lowest BCUT2D eigenvalue weighted by Crippen LogP contribution is -2.35. The fraction of sp³-hybridized carbons (Fsp3) is 0.773. The molecule has 2 amide bonds. The van der Waals surface area contributed by atoms with Crippen molar-refractivity contribution in [2.24, 2.45) is 11.3 Å². The molecule has 1 saturated heterocycles. The van der Waals surface area contributed by atoms with Gasteiger partial charge in [-0.05, 0) is 56.3 Å². The van der Waals surface area contributed by atoms with E-state index in [-0.39, 0.29) is 11.8 Å². The van der Waals surface area contributed by atoms with Crippen molar-refractivity contribution in [1.29, 1.82) is 0 Å². The second-order valence-electron chi connectivity index (χ2n) is 9.23. The first-order valence-electron chi connectivity index (χ1n) is 11.1. The number of hydrogen-bond acceptors (Lipinski definition) is 3. The third kappa shape index (κ3) is 4.11. The first kappa shape index (κ1) is 19.5. The second-order valence-corrected chi connectivity index (χ2v) is 9.23. The molecule has 1 unspecified atom stereocenters. The van der Waals surface area contributed by atoms with Crippen LogP contribution in [0.15, 0.2) is 6.20 Å². The van der Waals surface area contributed by atoms with Gasteiger partial charge in [-0.3, -0.25) is 14.3 Å². The molecule has 28 heavy (non-hydrogen) atoms. The van der Waals surface area contributed by atoms with Crippen LogP contribution in [0, 0.1) is 11.3 Å². The minimum absolute atomic E-state index is 0.0107. The number of aromatic nitrogens is 2. The molecule has 4 rings (SSSR count). The predicted octanol–water partition coefficient (Wildman–Crippen LogP) is 3.16. The van der Waals surface area contributed by atoms with Crippen molar-refractivity contribution >= 4 is 11.8 Å². The Labute approximate surface area is 168 Å². The molecule has 1 atom stereocenters. The van der Waals surface area contributed by atoms with Crippen molar-refractivity contribution in [1.82, 2.24) is 20.0 Å². The van der Waals surface area contributed by atoms with Gasteiger partial charge in [-0.25, -0.2) is 0 Å². The zero-order valence-corrected chi connectivity index (χ0v) is 17.2. The Bertz CT molecular complexity index is 720. The highest BCUT2D eigenvalue weighted by Gasteiger charge is 2.35. The number of fused-ring (bicyclic) bond motifs is 1. The van der Waals surface area contributed by atoms with Crippen LogP contribution in [-0.4, -0.2) is 46.1 Å². The zero-order chi connectivity index (χ0) is 19.6. The van der Waals surface area contributed by atoms with Gasteiger partial charge in [0.05, 0.1) is 17.5 Å². The molecule has 0 radical (unpaired) electrons. The molecule has 3 heterocycles. The van der Waals surface area contributed by atoms with Crippen LogP contribution in [0.5, 0.6) is 0 Å². The summed E-state index contributed by atoms with van der Waals surface area (Å²) in [7, 11) is 0. The van der Waals surface area contributed by atoms with Gasteiger partial charge >= 0.3 is 0 Å². The summed E-state index contributed by atoms with van der Waals surface area (Å²) in [6.07, 6.45) is 14.0. The highest BCUT2D eigenvalue weighted by atomic mass is 16.2. The van der Waals surface area contributed by atoms with Crippen molar-refractivity contribution < 1.29 is 9.59 Å². The van der Waals surface area contributed by atoms with E-state index in [1.54, 1.807) is 13.1 Å². The zero-order valence-electron chi connectivity index (χ0n) is 17.2. The lowest BCUT2D eigenvalue weighted by Gasteiger charge is -2.36. The third-order valence-corrected chi connectivity index (χ3v) is 7.30.